The van der Waals surface area contributed by atoms with Gasteiger partial charge < -0.3 is 5.32 Å². The molecule has 1 unspecified atom stereocenters. The Morgan fingerprint density at radius 2 is 2.00 bits per heavy atom. The fourth-order valence-electron chi connectivity index (χ4n) is 2.38. The van der Waals surface area contributed by atoms with Crippen LogP contribution in [-0.2, 0) is 6.42 Å². The van der Waals surface area contributed by atoms with Crippen molar-refractivity contribution in [1.82, 2.24) is 5.32 Å². The maximum absolute atomic E-state index is 6.32. The van der Waals surface area contributed by atoms with Gasteiger partial charge in [0.05, 0.1) is 14.7 Å². The van der Waals surface area contributed by atoms with Crippen molar-refractivity contribution in [2.75, 3.05) is 6.54 Å². The van der Waals surface area contributed by atoms with Crippen molar-refractivity contribution in [1.29, 1.82) is 0 Å². The minimum absolute atomic E-state index is 0.105. The van der Waals surface area contributed by atoms with Crippen LogP contribution in [0.2, 0.25) is 8.67 Å². The molecule has 0 saturated carbocycles. The Labute approximate surface area is 134 Å². The molecule has 0 aliphatic heterocycles. The molecule has 0 saturated heterocycles. The maximum Gasteiger partial charge on any atom is 0.0995 e. The molecule has 0 amide bonds. The maximum atomic E-state index is 6.32. The molecule has 2 aromatic rings. The van der Waals surface area contributed by atoms with Gasteiger partial charge in [-0.2, -0.15) is 0 Å². The van der Waals surface area contributed by atoms with Crippen LogP contribution in [0.5, 0.6) is 0 Å². The zero-order chi connectivity index (χ0) is 14.5. The van der Waals surface area contributed by atoms with Crippen LogP contribution in [0.1, 0.15) is 43.0 Å². The summed E-state index contributed by atoms with van der Waals surface area (Å²) in [6.07, 6.45) is 2.26. The zero-order valence-corrected chi connectivity index (χ0v) is 14.1. The van der Waals surface area contributed by atoms with Gasteiger partial charge in [-0.3, -0.25) is 0 Å². The summed E-state index contributed by atoms with van der Waals surface area (Å²) in [6, 6.07) is 10.8. The molecule has 0 spiro atoms. The number of benzene rings is 1. The fraction of sp³-hybridized carbons (Fsp3) is 0.375. The van der Waals surface area contributed by atoms with Crippen molar-refractivity contribution < 1.29 is 0 Å². The van der Waals surface area contributed by atoms with Crippen LogP contribution < -0.4 is 5.32 Å². The van der Waals surface area contributed by atoms with Gasteiger partial charge in [-0.25, -0.2) is 0 Å². The fourth-order valence-corrected chi connectivity index (χ4v) is 3.91. The number of nitrogens with one attached hydrogen (secondary N) is 1. The summed E-state index contributed by atoms with van der Waals surface area (Å²) in [7, 11) is 0. The van der Waals surface area contributed by atoms with Gasteiger partial charge in [0, 0.05) is 5.56 Å². The Balaban J connectivity index is 2.37. The lowest BCUT2D eigenvalue weighted by Crippen LogP contribution is -2.21. The summed E-state index contributed by atoms with van der Waals surface area (Å²) in [5.74, 6) is 0. The molecule has 1 atom stereocenters. The van der Waals surface area contributed by atoms with Crippen molar-refractivity contribution in [2.24, 2.45) is 0 Å². The summed E-state index contributed by atoms with van der Waals surface area (Å²) in [4.78, 5) is 0. The van der Waals surface area contributed by atoms with E-state index < -0.39 is 0 Å². The molecule has 108 valence electrons. The molecule has 1 aromatic carbocycles. The van der Waals surface area contributed by atoms with Crippen LogP contribution in [0, 0.1) is 0 Å². The molecule has 0 bridgehead atoms. The summed E-state index contributed by atoms with van der Waals surface area (Å²) < 4.78 is 1.50. The highest BCUT2D eigenvalue weighted by Gasteiger charge is 2.18. The smallest absolute Gasteiger partial charge is 0.0995 e. The van der Waals surface area contributed by atoms with E-state index >= 15 is 0 Å². The van der Waals surface area contributed by atoms with Gasteiger partial charge in [0.15, 0.2) is 0 Å². The standard InChI is InChI=1S/C16H19Cl2NS/c1-3-6-11-7-5-8-12(9-11)15(19-4-2)13-10-14(17)20-16(13)18/h5,7-10,15,19H,3-4,6H2,1-2H3. The topological polar surface area (TPSA) is 12.0 Å². The average Bonchev–Trinajstić information content (AvgIpc) is 2.75. The van der Waals surface area contributed by atoms with Crippen molar-refractivity contribution in [2.45, 2.75) is 32.7 Å². The minimum atomic E-state index is 0.105. The molecule has 1 heterocycles. The second kappa shape index (κ2) is 7.46. The molecule has 2 rings (SSSR count). The summed E-state index contributed by atoms with van der Waals surface area (Å²) in [6.45, 7) is 5.18. The van der Waals surface area contributed by atoms with Crippen LogP contribution in [0.25, 0.3) is 0 Å². The average molecular weight is 328 g/mol. The molecular formula is C16H19Cl2NS. The van der Waals surface area contributed by atoms with Crippen LogP contribution in [0.15, 0.2) is 30.3 Å². The number of thiophene rings is 1. The van der Waals surface area contributed by atoms with E-state index in [9.17, 15) is 0 Å². The minimum Gasteiger partial charge on any atom is -0.306 e. The Morgan fingerprint density at radius 1 is 1.20 bits per heavy atom. The van der Waals surface area contributed by atoms with Crippen molar-refractivity contribution in [3.8, 4) is 0 Å². The first-order valence-electron chi connectivity index (χ1n) is 6.92. The predicted octanol–water partition coefficient (Wildman–Crippen LogP) is 5.71. The van der Waals surface area contributed by atoms with Crippen LogP contribution in [0.3, 0.4) is 0 Å². The Bertz CT molecular complexity index is 565. The summed E-state index contributed by atoms with van der Waals surface area (Å²) in [5, 5.41) is 3.50. The Kier molecular flexibility index (Phi) is 5.91. The van der Waals surface area contributed by atoms with Gasteiger partial charge in [0.2, 0.25) is 0 Å². The van der Waals surface area contributed by atoms with Gasteiger partial charge >= 0.3 is 0 Å². The molecule has 1 aromatic heterocycles. The predicted molar refractivity (Wildman–Crippen MR) is 90.3 cm³/mol. The SMILES string of the molecule is CCCc1cccc(C(NCC)c2cc(Cl)sc2Cl)c1. The lowest BCUT2D eigenvalue weighted by Gasteiger charge is -2.19. The van der Waals surface area contributed by atoms with Gasteiger partial charge in [-0.1, -0.05) is 67.7 Å². The molecule has 4 heteroatoms. The molecule has 0 fully saturated rings. The Morgan fingerprint density at radius 3 is 2.60 bits per heavy atom. The third kappa shape index (κ3) is 3.76. The van der Waals surface area contributed by atoms with Crippen LogP contribution in [-0.4, -0.2) is 6.54 Å². The van der Waals surface area contributed by atoms with Crippen molar-refractivity contribution in [3.05, 3.63) is 55.7 Å². The van der Waals surface area contributed by atoms with E-state index in [4.69, 9.17) is 23.2 Å². The number of hydrogen-bond acceptors (Lipinski definition) is 2. The van der Waals surface area contributed by atoms with E-state index in [0.29, 0.717) is 0 Å². The third-order valence-electron chi connectivity index (χ3n) is 3.23. The molecule has 0 radical (unpaired) electrons. The first-order valence-corrected chi connectivity index (χ1v) is 8.49. The van der Waals surface area contributed by atoms with Crippen LogP contribution >= 0.6 is 34.5 Å². The van der Waals surface area contributed by atoms with Crippen molar-refractivity contribution in [3.63, 3.8) is 0 Å². The van der Waals surface area contributed by atoms with Crippen LogP contribution in [0.4, 0.5) is 0 Å². The highest BCUT2D eigenvalue weighted by Crippen LogP contribution is 2.37. The summed E-state index contributed by atoms with van der Waals surface area (Å²) >= 11 is 13.8. The molecule has 0 aliphatic rings. The Hall–Kier alpha value is -0.540. The number of rotatable bonds is 6. The molecular weight excluding hydrogens is 309 g/mol. The second-order valence-electron chi connectivity index (χ2n) is 4.77. The second-order valence-corrected chi connectivity index (χ2v) is 7.05. The lowest BCUT2D eigenvalue weighted by molar-refractivity contribution is 0.631. The first-order chi connectivity index (χ1) is 9.65. The van der Waals surface area contributed by atoms with Crippen molar-refractivity contribution >= 4 is 34.5 Å². The molecule has 1 nitrogen and oxygen atoms in total. The number of hydrogen-bond donors (Lipinski definition) is 1. The van der Waals surface area contributed by atoms with Gasteiger partial charge in [0.25, 0.3) is 0 Å². The quantitative estimate of drug-likeness (QED) is 0.716. The molecule has 0 aliphatic carbocycles. The van der Waals surface area contributed by atoms with E-state index in [1.54, 1.807) is 0 Å². The van der Waals surface area contributed by atoms with Gasteiger partial charge in [-0.05, 0) is 30.2 Å². The van der Waals surface area contributed by atoms with E-state index in [2.05, 4.69) is 43.4 Å². The van der Waals surface area contributed by atoms with E-state index in [1.165, 1.54) is 22.5 Å². The van der Waals surface area contributed by atoms with E-state index in [1.807, 2.05) is 6.07 Å². The molecule has 20 heavy (non-hydrogen) atoms. The van der Waals surface area contributed by atoms with E-state index in [-0.39, 0.29) is 6.04 Å². The molecule has 1 N–H and O–H groups in total. The normalized spacial score (nSPS) is 12.6. The zero-order valence-electron chi connectivity index (χ0n) is 11.7. The number of halogens is 2. The van der Waals surface area contributed by atoms with Gasteiger partial charge in [0.1, 0.15) is 0 Å². The highest BCUT2D eigenvalue weighted by atomic mass is 35.5. The van der Waals surface area contributed by atoms with Gasteiger partial charge in [-0.15, -0.1) is 11.3 Å². The lowest BCUT2D eigenvalue weighted by atomic mass is 9.98. The third-order valence-corrected chi connectivity index (χ3v) is 4.74. The number of aryl methyl sites for hydroxylation is 1. The first kappa shape index (κ1) is 15.8. The highest BCUT2D eigenvalue weighted by molar-refractivity contribution is 7.20. The summed E-state index contributed by atoms with van der Waals surface area (Å²) in [5.41, 5.74) is 3.68. The largest absolute Gasteiger partial charge is 0.306 e. The van der Waals surface area contributed by atoms with E-state index in [0.717, 1.165) is 33.6 Å². The monoisotopic (exact) mass is 327 g/mol.